The second-order valence-corrected chi connectivity index (χ2v) is 32.4. The lowest BCUT2D eigenvalue weighted by atomic mass is 9.71. The number of aromatic hydroxyl groups is 2. The van der Waals surface area contributed by atoms with Crippen molar-refractivity contribution >= 4 is 43.6 Å². The monoisotopic (exact) mass is 1380 g/mol. The normalized spacial score (nSPS) is 12.3. The topological polar surface area (TPSA) is 55.7 Å². The highest BCUT2D eigenvalue weighted by Gasteiger charge is 2.35. The molecule has 0 saturated carbocycles. The molecule has 2 N–H and O–H groups in total. The van der Waals surface area contributed by atoms with Crippen LogP contribution in [-0.4, -0.2) is 32.6 Å². The number of hydrogen-bond acceptors (Lipinski definition) is 2. The molecular formula is C96H94F2N2O4. The highest BCUT2D eigenvalue weighted by Crippen LogP contribution is 2.53. The van der Waals surface area contributed by atoms with Crippen molar-refractivity contribution in [3.8, 4) is 101 Å². The van der Waals surface area contributed by atoms with Crippen LogP contribution in [0.25, 0.3) is 122 Å². The molecule has 0 fully saturated rings. The van der Waals surface area contributed by atoms with Gasteiger partial charge in [0.2, 0.25) is 11.5 Å². The molecule has 0 amide bonds. The lowest BCUT2D eigenvalue weighted by molar-refractivity contribution is 0.00432. The number of halogens is 2. The van der Waals surface area contributed by atoms with E-state index >= 15 is 8.78 Å². The smallest absolute Gasteiger partial charge is 0.237 e. The van der Waals surface area contributed by atoms with Gasteiger partial charge >= 0.3 is 0 Å². The Bertz CT molecular complexity index is 5020. The minimum Gasteiger partial charge on any atom is -0.711 e. The van der Waals surface area contributed by atoms with E-state index in [9.17, 15) is 10.2 Å². The van der Waals surface area contributed by atoms with E-state index < -0.39 is 22.5 Å². The summed E-state index contributed by atoms with van der Waals surface area (Å²) in [4.78, 5) is 0. The molecule has 526 valence electrons. The molecule has 0 radical (unpaired) electrons. The standard InChI is InChI=1S/C96H94F2N2O4/c1-61-47-73(97)57-81(79-53-71(95(9,10)59-93(3,4)5)55-87(89(79)101)99-83-49-67(63-29-19-15-20-30-63)37-41-75(83)76-42-38-68(50-84(76)99)64-31-21-16-22-32-64)91(61)103(13)45-27-28-46-104(14)92-62(2)48-74(98)58-82(92)80-54-72(96(11,12)60-94(6,7)8)56-88(90(80)102)100-85-51-69(65-33-23-17-24-34-65)39-43-77(85)78-44-40-70(52-86(78)100)66-35-25-18-26-36-66/h15-26,29-44,47-58,101-102H,13-14,27-28,45-46,59-60H2,1-12H3. The molecule has 0 unspecified atom stereocenters. The van der Waals surface area contributed by atoms with Gasteiger partial charge in [0.1, 0.15) is 36.3 Å². The number of benzene rings is 12. The van der Waals surface area contributed by atoms with Crippen molar-refractivity contribution in [2.24, 2.45) is 10.8 Å². The first kappa shape index (κ1) is 70.3. The summed E-state index contributed by atoms with van der Waals surface area (Å²) < 4.78 is 43.7. The van der Waals surface area contributed by atoms with Gasteiger partial charge in [-0.2, -0.15) is 0 Å². The zero-order valence-electron chi connectivity index (χ0n) is 62.1. The van der Waals surface area contributed by atoms with Crippen molar-refractivity contribution in [3.05, 3.63) is 291 Å². The first-order valence-electron chi connectivity index (χ1n) is 36.4. The van der Waals surface area contributed by atoms with Crippen LogP contribution in [0.1, 0.15) is 117 Å². The fourth-order valence-corrected chi connectivity index (χ4v) is 16.8. The maximum Gasteiger partial charge on any atom is 0.237 e. The molecule has 0 saturated heterocycles. The summed E-state index contributed by atoms with van der Waals surface area (Å²) in [7, 11) is 9.24. The lowest BCUT2D eigenvalue weighted by Gasteiger charge is -2.35. The van der Waals surface area contributed by atoms with Gasteiger partial charge in [-0.15, -0.1) is 0 Å². The van der Waals surface area contributed by atoms with Crippen molar-refractivity contribution in [2.75, 3.05) is 13.2 Å². The molecule has 0 spiro atoms. The Labute approximate surface area is 612 Å². The summed E-state index contributed by atoms with van der Waals surface area (Å²) in [6.07, 6.45) is 2.80. The van der Waals surface area contributed by atoms with E-state index in [1.54, 1.807) is 0 Å². The van der Waals surface area contributed by atoms with Gasteiger partial charge in [-0.05, 0) is 191 Å². The molecule has 12 aromatic carbocycles. The minimum absolute atomic E-state index is 0.00933. The quantitative estimate of drug-likeness (QED) is 0.0482. The molecule has 0 aliphatic heterocycles. The Morgan fingerprint density at radius 3 is 0.885 bits per heavy atom. The Morgan fingerprint density at radius 1 is 0.337 bits per heavy atom. The van der Waals surface area contributed by atoms with Crippen molar-refractivity contribution in [1.29, 1.82) is 0 Å². The van der Waals surface area contributed by atoms with Gasteiger partial charge in [0.05, 0.1) is 44.6 Å². The van der Waals surface area contributed by atoms with E-state index in [0.717, 1.165) is 112 Å². The van der Waals surface area contributed by atoms with E-state index in [2.05, 4.69) is 295 Å². The first-order valence-corrected chi connectivity index (χ1v) is 36.4. The van der Waals surface area contributed by atoms with Crippen molar-refractivity contribution in [2.45, 2.75) is 120 Å². The van der Waals surface area contributed by atoms with Gasteiger partial charge in [-0.25, -0.2) is 8.78 Å². The zero-order valence-corrected chi connectivity index (χ0v) is 62.1. The summed E-state index contributed by atoms with van der Waals surface area (Å²) in [5.41, 5.74) is 17.5. The summed E-state index contributed by atoms with van der Waals surface area (Å²) >= 11 is 0. The maximum atomic E-state index is 16.6. The number of aromatic nitrogens is 2. The van der Waals surface area contributed by atoms with Gasteiger partial charge in [0.25, 0.3) is 0 Å². The highest BCUT2D eigenvalue weighted by atomic mass is 19.1. The Balaban J connectivity index is 0.847. The van der Waals surface area contributed by atoms with Gasteiger partial charge in [0, 0.05) is 56.6 Å². The van der Waals surface area contributed by atoms with E-state index in [1.807, 2.05) is 38.1 Å². The zero-order chi connectivity index (χ0) is 73.3. The van der Waals surface area contributed by atoms with E-state index in [0.29, 0.717) is 82.3 Å². The van der Waals surface area contributed by atoms with E-state index in [-0.39, 0.29) is 22.3 Å². The number of nitrogens with zero attached hydrogens (tertiary/aromatic N) is 2. The van der Waals surface area contributed by atoms with Crippen LogP contribution in [0.15, 0.2) is 243 Å². The fourth-order valence-electron chi connectivity index (χ4n) is 16.8. The molecule has 2 heterocycles. The summed E-state index contributed by atoms with van der Waals surface area (Å²) in [6, 6.07) is 82.3. The Morgan fingerprint density at radius 2 is 0.615 bits per heavy atom. The average Bonchev–Trinajstić information content (AvgIpc) is 1.59. The van der Waals surface area contributed by atoms with Gasteiger partial charge in [-0.3, -0.25) is 0 Å². The maximum absolute atomic E-state index is 16.6. The van der Waals surface area contributed by atoms with Crippen LogP contribution < -0.4 is 0 Å². The molecule has 0 aliphatic rings. The molecule has 14 aromatic rings. The third-order valence-corrected chi connectivity index (χ3v) is 20.8. The molecule has 0 aliphatic carbocycles. The van der Waals surface area contributed by atoms with Crippen LogP contribution >= 0.6 is 0 Å². The largest absolute Gasteiger partial charge is 0.711 e. The number of fused-ring (bicyclic) bond motifs is 6. The van der Waals surface area contributed by atoms with Crippen LogP contribution in [0.4, 0.5) is 8.78 Å². The molecular weight excluding hydrogens is 1280 g/mol. The number of phenols is 2. The first-order chi connectivity index (χ1) is 49.6. The average molecular weight is 1380 g/mol. The number of unbranched alkanes of at least 4 members (excludes halogenated alkanes) is 1. The Kier molecular flexibility index (Phi) is 18.6. The van der Waals surface area contributed by atoms with Crippen molar-refractivity contribution in [1.82, 2.24) is 9.13 Å². The molecule has 8 heteroatoms. The molecule has 0 atom stereocenters. The highest BCUT2D eigenvalue weighted by molar-refractivity contribution is 6.13. The van der Waals surface area contributed by atoms with E-state index in [4.69, 9.17) is 0 Å². The van der Waals surface area contributed by atoms with Crippen LogP contribution in [-0.2, 0) is 19.6 Å². The van der Waals surface area contributed by atoms with Crippen LogP contribution in [0.2, 0.25) is 0 Å². The molecule has 104 heavy (non-hydrogen) atoms. The molecule has 0 bridgehead atoms. The van der Waals surface area contributed by atoms with Gasteiger partial charge in [-0.1, -0.05) is 239 Å². The Hall–Kier alpha value is -10.7. The van der Waals surface area contributed by atoms with Crippen molar-refractivity contribution < 1.29 is 27.7 Å². The van der Waals surface area contributed by atoms with Crippen molar-refractivity contribution in [3.63, 3.8) is 0 Å². The van der Waals surface area contributed by atoms with Gasteiger partial charge in [0.15, 0.2) is 0 Å². The molecule has 14 rings (SSSR count). The third-order valence-electron chi connectivity index (χ3n) is 20.8. The lowest BCUT2D eigenvalue weighted by Crippen LogP contribution is -2.25. The number of rotatable bonds is 19. The van der Waals surface area contributed by atoms with E-state index in [1.165, 1.54) is 24.3 Å². The molecule has 6 nitrogen and oxygen atoms in total. The third kappa shape index (κ3) is 13.8. The number of hydrogen-bond donors (Lipinski definition) is 2. The van der Waals surface area contributed by atoms with Gasteiger partial charge < -0.3 is 28.1 Å². The second-order valence-electron chi connectivity index (χ2n) is 32.4. The van der Waals surface area contributed by atoms with Crippen LogP contribution in [0.5, 0.6) is 23.0 Å². The minimum atomic E-state index is -0.437. The van der Waals surface area contributed by atoms with Crippen LogP contribution in [0, 0.1) is 50.5 Å². The molecule has 2 aromatic heterocycles. The summed E-state index contributed by atoms with van der Waals surface area (Å²) in [6.45, 7) is 27.1. The number of aryl methyl sites for hydroxylation is 2. The summed E-state index contributed by atoms with van der Waals surface area (Å²) in [5, 5.41) is 31.1. The second kappa shape index (κ2) is 27.5. The predicted octanol–water partition coefficient (Wildman–Crippen LogP) is 27.2. The predicted molar refractivity (Wildman–Crippen MR) is 432 cm³/mol. The SMILES string of the molecule is [CH2-][O+](CCCC[O+]([CH2-])c1c(C)cc(F)cc1-c1cc(C(C)(C)CC(C)(C)C)cc(-n2c3cc(-c4ccccc4)ccc3c3ccc(-c4ccccc4)cc32)c1O)c1c(C)cc(F)cc1-c1cc(C(C)(C)CC(C)(C)C)cc(-n2c3cc(-c4ccccc4)ccc3c3ccc(-c4ccccc4)cc32)c1O. The fraction of sp³-hybridized carbons (Fsp3) is 0.229. The number of phenolic OH excluding ortho intramolecular Hbond substituents is 2. The van der Waals surface area contributed by atoms with Crippen LogP contribution in [0.3, 0.4) is 0 Å². The summed E-state index contributed by atoms with van der Waals surface area (Å²) in [5.74, 6) is 0.377.